The Kier molecular flexibility index (Phi) is 5.36. The average molecular weight is 451 g/mol. The molecular formula is C25H25NO7. The van der Waals surface area contributed by atoms with Crippen LogP contribution in [0.25, 0.3) is 0 Å². The van der Waals surface area contributed by atoms with E-state index < -0.39 is 17.7 Å². The number of nitrogens with zero attached hydrogens (tertiary/aromatic N) is 1. The van der Waals surface area contributed by atoms with E-state index in [-0.39, 0.29) is 17.3 Å². The number of ketones is 1. The van der Waals surface area contributed by atoms with Crippen LogP contribution in [0.1, 0.15) is 31.4 Å². The van der Waals surface area contributed by atoms with Gasteiger partial charge in [0.2, 0.25) is 0 Å². The predicted octanol–water partition coefficient (Wildman–Crippen LogP) is 3.74. The smallest absolute Gasteiger partial charge is 0.294 e. The van der Waals surface area contributed by atoms with E-state index >= 15 is 0 Å². The SMILES string of the molecule is CCOc1cc([C@@H]2C(C(=O)C3CC3)=C(O)C(=O)N2c2ccc3c(c2)OCCO3)ccc1OC. The van der Waals surface area contributed by atoms with E-state index in [1.54, 1.807) is 43.5 Å². The van der Waals surface area contributed by atoms with Gasteiger partial charge in [0.05, 0.1) is 25.3 Å². The molecule has 1 N–H and O–H groups in total. The van der Waals surface area contributed by atoms with Crippen molar-refractivity contribution in [3.05, 3.63) is 53.3 Å². The van der Waals surface area contributed by atoms with Crippen LogP contribution in [0.5, 0.6) is 23.0 Å². The lowest BCUT2D eigenvalue weighted by molar-refractivity contribution is -0.118. The van der Waals surface area contributed by atoms with Gasteiger partial charge in [-0.15, -0.1) is 0 Å². The number of hydrogen-bond donors (Lipinski definition) is 1. The van der Waals surface area contributed by atoms with Crippen molar-refractivity contribution >= 4 is 17.4 Å². The van der Waals surface area contributed by atoms with Crippen molar-refractivity contribution in [1.29, 1.82) is 0 Å². The van der Waals surface area contributed by atoms with Gasteiger partial charge in [0.1, 0.15) is 13.2 Å². The van der Waals surface area contributed by atoms with E-state index in [2.05, 4.69) is 0 Å². The van der Waals surface area contributed by atoms with E-state index in [0.717, 1.165) is 12.8 Å². The fourth-order valence-electron chi connectivity index (χ4n) is 4.32. The zero-order valence-electron chi connectivity index (χ0n) is 18.5. The number of fused-ring (bicyclic) bond motifs is 1. The predicted molar refractivity (Wildman–Crippen MR) is 119 cm³/mol. The molecule has 0 bridgehead atoms. The Labute approximate surface area is 191 Å². The van der Waals surface area contributed by atoms with Gasteiger partial charge in [0, 0.05) is 17.7 Å². The highest BCUT2D eigenvalue weighted by Crippen LogP contribution is 2.47. The Balaban J connectivity index is 1.63. The van der Waals surface area contributed by atoms with Crippen molar-refractivity contribution in [3.63, 3.8) is 0 Å². The summed E-state index contributed by atoms with van der Waals surface area (Å²) < 4.78 is 22.4. The van der Waals surface area contributed by atoms with Gasteiger partial charge in [-0.05, 0) is 49.6 Å². The van der Waals surface area contributed by atoms with Crippen molar-refractivity contribution < 1.29 is 33.6 Å². The number of aliphatic hydroxyl groups excluding tert-OH is 1. The zero-order chi connectivity index (χ0) is 23.1. The van der Waals surface area contributed by atoms with Gasteiger partial charge < -0.3 is 24.1 Å². The maximum atomic E-state index is 13.3. The van der Waals surface area contributed by atoms with Crippen molar-refractivity contribution in [2.24, 2.45) is 5.92 Å². The monoisotopic (exact) mass is 451 g/mol. The van der Waals surface area contributed by atoms with Crippen molar-refractivity contribution in [3.8, 4) is 23.0 Å². The van der Waals surface area contributed by atoms with Gasteiger partial charge in [-0.25, -0.2) is 0 Å². The van der Waals surface area contributed by atoms with Gasteiger partial charge in [0.25, 0.3) is 5.91 Å². The van der Waals surface area contributed by atoms with E-state index in [9.17, 15) is 14.7 Å². The molecule has 33 heavy (non-hydrogen) atoms. The van der Waals surface area contributed by atoms with Gasteiger partial charge in [-0.2, -0.15) is 0 Å². The summed E-state index contributed by atoms with van der Waals surface area (Å²) in [6, 6.07) is 9.62. The van der Waals surface area contributed by atoms with Crippen LogP contribution in [0.15, 0.2) is 47.7 Å². The molecule has 1 atom stereocenters. The zero-order valence-corrected chi connectivity index (χ0v) is 18.5. The minimum Gasteiger partial charge on any atom is -0.503 e. The highest BCUT2D eigenvalue weighted by molar-refractivity contribution is 6.17. The molecule has 1 fully saturated rings. The number of benzene rings is 2. The number of anilines is 1. The molecule has 2 aromatic carbocycles. The first kappa shape index (κ1) is 21.2. The summed E-state index contributed by atoms with van der Waals surface area (Å²) >= 11 is 0. The minimum absolute atomic E-state index is 0.116. The van der Waals surface area contributed by atoms with Gasteiger partial charge in [0.15, 0.2) is 34.5 Å². The Morgan fingerprint density at radius 2 is 1.85 bits per heavy atom. The van der Waals surface area contributed by atoms with Crippen LogP contribution in [-0.4, -0.2) is 43.7 Å². The topological polar surface area (TPSA) is 94.5 Å². The maximum absolute atomic E-state index is 13.3. The number of carbonyl (C=O) groups is 2. The molecule has 0 saturated heterocycles. The summed E-state index contributed by atoms with van der Waals surface area (Å²) in [4.78, 5) is 27.9. The van der Waals surface area contributed by atoms with Crippen molar-refractivity contribution in [2.75, 3.05) is 31.8 Å². The summed E-state index contributed by atoms with van der Waals surface area (Å²) in [5.41, 5.74) is 1.24. The lowest BCUT2D eigenvalue weighted by Gasteiger charge is -2.29. The lowest BCUT2D eigenvalue weighted by Crippen LogP contribution is -2.31. The van der Waals surface area contributed by atoms with Crippen LogP contribution in [0.3, 0.4) is 0 Å². The summed E-state index contributed by atoms with van der Waals surface area (Å²) in [5.74, 6) is 0.631. The molecule has 8 nitrogen and oxygen atoms in total. The Bertz CT molecular complexity index is 1150. The third-order valence-corrected chi connectivity index (χ3v) is 6.03. The van der Waals surface area contributed by atoms with E-state index in [0.29, 0.717) is 54.1 Å². The molecule has 3 aliphatic rings. The molecule has 1 amide bonds. The molecule has 2 aliphatic heterocycles. The number of aliphatic hydroxyl groups is 1. The summed E-state index contributed by atoms with van der Waals surface area (Å²) in [6.45, 7) is 3.13. The van der Waals surface area contributed by atoms with E-state index in [1.165, 1.54) is 4.90 Å². The van der Waals surface area contributed by atoms with Crippen LogP contribution >= 0.6 is 0 Å². The van der Waals surface area contributed by atoms with E-state index in [1.807, 2.05) is 6.92 Å². The molecule has 5 rings (SSSR count). The third-order valence-electron chi connectivity index (χ3n) is 6.03. The largest absolute Gasteiger partial charge is 0.503 e. The first-order valence-corrected chi connectivity index (χ1v) is 11.0. The number of rotatable bonds is 7. The number of Topliss-reactive ketones (excluding diaryl/α,β-unsaturated/α-hetero) is 1. The number of amides is 1. The third kappa shape index (κ3) is 3.65. The highest BCUT2D eigenvalue weighted by Gasteiger charge is 2.48. The molecule has 0 radical (unpaired) electrons. The van der Waals surface area contributed by atoms with Crippen LogP contribution in [0.2, 0.25) is 0 Å². The van der Waals surface area contributed by atoms with Crippen LogP contribution in [0, 0.1) is 5.92 Å². The standard InChI is InChI=1S/C25H25NO7/c1-3-31-19-12-15(6-8-17(19)30-2)22-21(23(27)14-4-5-14)24(28)25(29)26(22)16-7-9-18-20(13-16)33-11-10-32-18/h6-9,12-14,22,28H,3-5,10-11H2,1-2H3/t22-/m1/s1. The summed E-state index contributed by atoms with van der Waals surface area (Å²) in [6.07, 6.45) is 1.51. The highest BCUT2D eigenvalue weighted by atomic mass is 16.6. The van der Waals surface area contributed by atoms with Gasteiger partial charge >= 0.3 is 0 Å². The van der Waals surface area contributed by atoms with Crippen LogP contribution < -0.4 is 23.8 Å². The Morgan fingerprint density at radius 3 is 2.55 bits per heavy atom. The average Bonchev–Trinajstić information content (AvgIpc) is 3.65. The van der Waals surface area contributed by atoms with Crippen LogP contribution in [-0.2, 0) is 9.59 Å². The first-order chi connectivity index (χ1) is 16.0. The molecule has 0 aromatic heterocycles. The number of hydrogen-bond acceptors (Lipinski definition) is 7. The second kappa shape index (κ2) is 8.35. The van der Waals surface area contributed by atoms with Gasteiger partial charge in [-0.1, -0.05) is 6.07 Å². The molecule has 2 heterocycles. The molecule has 1 aliphatic carbocycles. The maximum Gasteiger partial charge on any atom is 0.294 e. The molecule has 172 valence electrons. The molecule has 8 heteroatoms. The Morgan fingerprint density at radius 1 is 1.09 bits per heavy atom. The van der Waals surface area contributed by atoms with E-state index in [4.69, 9.17) is 18.9 Å². The molecule has 0 spiro atoms. The molecule has 1 saturated carbocycles. The van der Waals surface area contributed by atoms with Crippen molar-refractivity contribution in [1.82, 2.24) is 0 Å². The number of methoxy groups -OCH3 is 1. The fraction of sp³-hybridized carbons (Fsp3) is 0.360. The van der Waals surface area contributed by atoms with Crippen LogP contribution in [0.4, 0.5) is 5.69 Å². The summed E-state index contributed by atoms with van der Waals surface area (Å²) in [5, 5.41) is 10.8. The normalized spacial score (nSPS) is 19.6. The quantitative estimate of drug-likeness (QED) is 0.685. The van der Waals surface area contributed by atoms with Crippen molar-refractivity contribution in [2.45, 2.75) is 25.8 Å². The number of ether oxygens (including phenoxy) is 4. The summed E-state index contributed by atoms with van der Waals surface area (Å²) in [7, 11) is 1.55. The molecular weight excluding hydrogens is 426 g/mol. The lowest BCUT2D eigenvalue weighted by atomic mass is 9.93. The second-order valence-corrected chi connectivity index (χ2v) is 8.15. The first-order valence-electron chi connectivity index (χ1n) is 11.0. The van der Waals surface area contributed by atoms with Gasteiger partial charge in [-0.3, -0.25) is 14.5 Å². The fourth-order valence-corrected chi connectivity index (χ4v) is 4.32. The Hall–Kier alpha value is -3.68. The number of carbonyl (C=O) groups excluding carboxylic acids is 2. The molecule has 2 aromatic rings. The molecule has 0 unspecified atom stereocenters. The second-order valence-electron chi connectivity index (χ2n) is 8.15. The minimum atomic E-state index is -0.807.